The highest BCUT2D eigenvalue weighted by Gasteiger charge is 2.39. The fourth-order valence-corrected chi connectivity index (χ4v) is 2.07. The smallest absolute Gasteiger partial charge is 0.379 e. The summed E-state index contributed by atoms with van der Waals surface area (Å²) in [6.07, 6.45) is -5.12. The first-order valence-electron chi connectivity index (χ1n) is 7.03. The van der Waals surface area contributed by atoms with E-state index in [0.29, 0.717) is 38.4 Å². The van der Waals surface area contributed by atoms with Crippen LogP contribution in [0, 0.1) is 5.82 Å². The van der Waals surface area contributed by atoms with Crippen molar-refractivity contribution >= 4 is 11.8 Å². The van der Waals surface area contributed by atoms with E-state index < -0.39 is 23.8 Å². The largest absolute Gasteiger partial charge is 0.472 e. The lowest BCUT2D eigenvalue weighted by molar-refractivity contribution is -0.174. The Bertz CT molecular complexity index is 616. The summed E-state index contributed by atoms with van der Waals surface area (Å²) in [6, 6.07) is 3.56. The molecule has 0 bridgehead atoms. The monoisotopic (exact) mass is 349 g/mol. The Morgan fingerprint density at radius 1 is 1.17 bits per heavy atom. The SMILES string of the molecule is O=C(NNC(=O)C(F)(F)F)c1ccc(CN2CCOCC2)c(F)c1. The molecule has 1 aromatic carbocycles. The average Bonchev–Trinajstić information content (AvgIpc) is 2.54. The molecule has 2 N–H and O–H groups in total. The molecule has 1 aliphatic heterocycles. The third-order valence-electron chi connectivity index (χ3n) is 3.36. The Labute approximate surface area is 134 Å². The van der Waals surface area contributed by atoms with Gasteiger partial charge in [0.15, 0.2) is 0 Å². The van der Waals surface area contributed by atoms with Crippen molar-refractivity contribution in [2.75, 3.05) is 26.3 Å². The molecule has 1 aliphatic rings. The molecule has 1 heterocycles. The van der Waals surface area contributed by atoms with Gasteiger partial charge in [0.2, 0.25) is 0 Å². The van der Waals surface area contributed by atoms with E-state index in [9.17, 15) is 27.2 Å². The van der Waals surface area contributed by atoms with Gasteiger partial charge in [0, 0.05) is 30.8 Å². The van der Waals surface area contributed by atoms with Crippen molar-refractivity contribution in [1.82, 2.24) is 15.8 Å². The number of rotatable bonds is 3. The molecule has 1 fully saturated rings. The molecule has 0 atom stereocenters. The van der Waals surface area contributed by atoms with E-state index in [1.807, 2.05) is 4.90 Å². The first-order valence-corrected chi connectivity index (χ1v) is 7.03. The van der Waals surface area contributed by atoms with E-state index in [0.717, 1.165) is 6.07 Å². The van der Waals surface area contributed by atoms with Crippen LogP contribution >= 0.6 is 0 Å². The van der Waals surface area contributed by atoms with E-state index in [2.05, 4.69) is 0 Å². The number of hydrogen-bond acceptors (Lipinski definition) is 4. The second-order valence-corrected chi connectivity index (χ2v) is 5.10. The lowest BCUT2D eigenvalue weighted by Crippen LogP contribution is -2.47. The maximum Gasteiger partial charge on any atom is 0.472 e. The molecule has 0 aromatic heterocycles. The lowest BCUT2D eigenvalue weighted by atomic mass is 10.1. The highest BCUT2D eigenvalue weighted by Crippen LogP contribution is 2.15. The number of alkyl halides is 3. The van der Waals surface area contributed by atoms with Crippen LogP contribution < -0.4 is 10.9 Å². The van der Waals surface area contributed by atoms with Gasteiger partial charge in [0.1, 0.15) is 5.82 Å². The molecule has 2 amide bonds. The number of benzene rings is 1. The number of hydrogen-bond donors (Lipinski definition) is 2. The number of nitrogens with zero attached hydrogens (tertiary/aromatic N) is 1. The first kappa shape index (κ1) is 18.1. The van der Waals surface area contributed by atoms with E-state index in [-0.39, 0.29) is 5.56 Å². The van der Waals surface area contributed by atoms with Gasteiger partial charge >= 0.3 is 12.1 Å². The number of ether oxygens (including phenoxy) is 1. The van der Waals surface area contributed by atoms with E-state index in [4.69, 9.17) is 4.74 Å². The van der Waals surface area contributed by atoms with Crippen molar-refractivity contribution in [1.29, 1.82) is 0 Å². The second-order valence-electron chi connectivity index (χ2n) is 5.10. The summed E-state index contributed by atoms with van der Waals surface area (Å²) in [5, 5.41) is 0. The van der Waals surface area contributed by atoms with Gasteiger partial charge in [-0.1, -0.05) is 6.07 Å². The van der Waals surface area contributed by atoms with E-state index in [1.165, 1.54) is 17.6 Å². The van der Waals surface area contributed by atoms with Crippen LogP contribution in [-0.2, 0) is 16.1 Å². The van der Waals surface area contributed by atoms with Crippen molar-refractivity contribution in [3.8, 4) is 0 Å². The van der Waals surface area contributed by atoms with Crippen molar-refractivity contribution in [2.24, 2.45) is 0 Å². The van der Waals surface area contributed by atoms with Crippen LogP contribution in [0.1, 0.15) is 15.9 Å². The standard InChI is InChI=1S/C14H15F4N3O3/c15-11-7-9(12(22)19-20-13(23)14(16,17)18)1-2-10(11)8-21-3-5-24-6-4-21/h1-2,7H,3-6,8H2,(H,19,22)(H,20,23). The second kappa shape index (κ2) is 7.58. The molecule has 1 saturated heterocycles. The van der Waals surface area contributed by atoms with Crippen LogP contribution in [0.2, 0.25) is 0 Å². The third-order valence-corrected chi connectivity index (χ3v) is 3.36. The molecule has 2 rings (SSSR count). The molecule has 1 aromatic rings. The van der Waals surface area contributed by atoms with Crippen LogP contribution in [-0.4, -0.2) is 49.2 Å². The predicted octanol–water partition coefficient (Wildman–Crippen LogP) is 0.981. The third kappa shape index (κ3) is 4.90. The predicted molar refractivity (Wildman–Crippen MR) is 74.2 cm³/mol. The summed E-state index contributed by atoms with van der Waals surface area (Å²) in [7, 11) is 0. The summed E-state index contributed by atoms with van der Waals surface area (Å²) in [5.74, 6) is -4.03. The molecule has 0 unspecified atom stereocenters. The molecule has 0 spiro atoms. The molecule has 0 aliphatic carbocycles. The van der Waals surface area contributed by atoms with Gasteiger partial charge < -0.3 is 4.74 Å². The highest BCUT2D eigenvalue weighted by molar-refractivity contribution is 5.95. The summed E-state index contributed by atoms with van der Waals surface area (Å²) >= 11 is 0. The van der Waals surface area contributed by atoms with Gasteiger partial charge in [0.25, 0.3) is 5.91 Å². The lowest BCUT2D eigenvalue weighted by Gasteiger charge is -2.26. The molecule has 10 heteroatoms. The van der Waals surface area contributed by atoms with Crippen molar-refractivity contribution < 1.29 is 31.9 Å². The van der Waals surface area contributed by atoms with Crippen LogP contribution in [0.4, 0.5) is 17.6 Å². The summed E-state index contributed by atoms with van der Waals surface area (Å²) < 4.78 is 55.2. The van der Waals surface area contributed by atoms with Gasteiger partial charge in [-0.2, -0.15) is 13.2 Å². The topological polar surface area (TPSA) is 70.7 Å². The van der Waals surface area contributed by atoms with E-state index >= 15 is 0 Å². The number of nitrogens with one attached hydrogen (secondary N) is 2. The molecule has 0 saturated carbocycles. The molecular formula is C14H15F4N3O3. The van der Waals surface area contributed by atoms with E-state index in [1.54, 1.807) is 5.43 Å². The van der Waals surface area contributed by atoms with Crippen molar-refractivity contribution in [2.45, 2.75) is 12.7 Å². The number of halogens is 4. The Balaban J connectivity index is 1.95. The van der Waals surface area contributed by atoms with Gasteiger partial charge in [-0.15, -0.1) is 0 Å². The van der Waals surface area contributed by atoms with Gasteiger partial charge in [-0.25, -0.2) is 4.39 Å². The molecule has 6 nitrogen and oxygen atoms in total. The van der Waals surface area contributed by atoms with Crippen LogP contribution in [0.25, 0.3) is 0 Å². The van der Waals surface area contributed by atoms with Crippen LogP contribution in [0.3, 0.4) is 0 Å². The first-order chi connectivity index (χ1) is 11.3. The Kier molecular flexibility index (Phi) is 5.73. The molecule has 0 radical (unpaired) electrons. The highest BCUT2D eigenvalue weighted by atomic mass is 19.4. The number of morpholine rings is 1. The zero-order chi connectivity index (χ0) is 17.7. The number of amides is 2. The van der Waals surface area contributed by atoms with Crippen LogP contribution in [0.5, 0.6) is 0 Å². The summed E-state index contributed by atoms with van der Waals surface area (Å²) in [6.45, 7) is 2.76. The zero-order valence-corrected chi connectivity index (χ0v) is 12.5. The van der Waals surface area contributed by atoms with Crippen LogP contribution in [0.15, 0.2) is 18.2 Å². The minimum atomic E-state index is -5.12. The Morgan fingerprint density at radius 2 is 1.83 bits per heavy atom. The summed E-state index contributed by atoms with van der Waals surface area (Å²) in [5.41, 5.74) is 2.94. The summed E-state index contributed by atoms with van der Waals surface area (Å²) in [4.78, 5) is 24.2. The zero-order valence-electron chi connectivity index (χ0n) is 12.5. The van der Waals surface area contributed by atoms with Gasteiger partial charge in [-0.05, 0) is 12.1 Å². The minimum absolute atomic E-state index is 0.208. The minimum Gasteiger partial charge on any atom is -0.379 e. The average molecular weight is 349 g/mol. The number of carbonyl (C=O) groups excluding carboxylic acids is 2. The maximum absolute atomic E-state index is 14.0. The van der Waals surface area contributed by atoms with Gasteiger partial charge in [-0.3, -0.25) is 25.3 Å². The fraction of sp³-hybridized carbons (Fsp3) is 0.429. The van der Waals surface area contributed by atoms with Crippen molar-refractivity contribution in [3.63, 3.8) is 0 Å². The number of hydrazine groups is 1. The quantitative estimate of drug-likeness (QED) is 0.631. The van der Waals surface area contributed by atoms with Gasteiger partial charge in [0.05, 0.1) is 13.2 Å². The Hall–Kier alpha value is -2.20. The van der Waals surface area contributed by atoms with Crippen molar-refractivity contribution in [3.05, 3.63) is 35.1 Å². The molecule has 24 heavy (non-hydrogen) atoms. The fourth-order valence-electron chi connectivity index (χ4n) is 2.07. The maximum atomic E-state index is 14.0. The molecule has 132 valence electrons. The molecular weight excluding hydrogens is 334 g/mol. The normalized spacial score (nSPS) is 15.8. The Morgan fingerprint density at radius 3 is 2.42 bits per heavy atom. The number of carbonyl (C=O) groups is 2.